The van der Waals surface area contributed by atoms with E-state index in [1.807, 2.05) is 0 Å². The van der Waals surface area contributed by atoms with Crippen LogP contribution in [0.2, 0.25) is 0 Å². The van der Waals surface area contributed by atoms with Crippen molar-refractivity contribution >= 4 is 5.69 Å². The molecule has 1 aromatic rings. The van der Waals surface area contributed by atoms with E-state index in [0.717, 1.165) is 6.54 Å². The van der Waals surface area contributed by atoms with Gasteiger partial charge in [-0.1, -0.05) is 38.0 Å². The number of fused-ring (bicyclic) bond motifs is 1. The first-order chi connectivity index (χ1) is 8.81. The zero-order valence-corrected chi connectivity index (χ0v) is 11.8. The van der Waals surface area contributed by atoms with Gasteiger partial charge in [-0.05, 0) is 38.1 Å². The highest BCUT2D eigenvalue weighted by Crippen LogP contribution is 2.31. The van der Waals surface area contributed by atoms with Crippen LogP contribution in [0.25, 0.3) is 0 Å². The van der Waals surface area contributed by atoms with Gasteiger partial charge in [-0.3, -0.25) is 0 Å². The van der Waals surface area contributed by atoms with Crippen molar-refractivity contribution in [2.45, 2.75) is 38.5 Å². The van der Waals surface area contributed by atoms with E-state index in [2.05, 4.69) is 48.5 Å². The van der Waals surface area contributed by atoms with Gasteiger partial charge in [-0.25, -0.2) is 0 Å². The molecule has 0 amide bonds. The zero-order valence-electron chi connectivity index (χ0n) is 11.8. The molecule has 1 aliphatic heterocycles. The number of nitrogens with one attached hydrogen (secondary N) is 1. The molecule has 0 aromatic heterocycles. The van der Waals surface area contributed by atoms with Gasteiger partial charge >= 0.3 is 0 Å². The number of likely N-dealkylation sites (N-methyl/N-ethyl adjacent to an activating group) is 1. The molecule has 1 aliphatic rings. The molecular formula is C16H26N2. The van der Waals surface area contributed by atoms with Gasteiger partial charge < -0.3 is 10.2 Å². The zero-order chi connectivity index (χ0) is 12.8. The Bertz CT molecular complexity index is 362. The summed E-state index contributed by atoms with van der Waals surface area (Å²) in [5.41, 5.74) is 2.85. The Morgan fingerprint density at radius 1 is 1.28 bits per heavy atom. The molecule has 0 saturated carbocycles. The number of para-hydroxylation sites is 1. The van der Waals surface area contributed by atoms with Gasteiger partial charge in [-0.15, -0.1) is 0 Å². The predicted molar refractivity (Wildman–Crippen MR) is 79.3 cm³/mol. The lowest BCUT2D eigenvalue weighted by molar-refractivity contribution is 0.298. The molecule has 100 valence electrons. The molecule has 1 heterocycles. The van der Waals surface area contributed by atoms with E-state index in [0.29, 0.717) is 5.92 Å². The highest BCUT2D eigenvalue weighted by Gasteiger charge is 2.20. The van der Waals surface area contributed by atoms with Gasteiger partial charge in [0.15, 0.2) is 0 Å². The second kappa shape index (κ2) is 6.79. The molecule has 2 rings (SSSR count). The van der Waals surface area contributed by atoms with E-state index < -0.39 is 0 Å². The number of benzene rings is 1. The monoisotopic (exact) mass is 246 g/mol. The minimum atomic E-state index is 0.703. The first-order valence-electron chi connectivity index (χ1n) is 7.32. The molecule has 18 heavy (non-hydrogen) atoms. The maximum absolute atomic E-state index is 3.50. The predicted octanol–water partition coefficient (Wildman–Crippen LogP) is 3.71. The number of nitrogens with zero attached hydrogens (tertiary/aromatic N) is 1. The van der Waals surface area contributed by atoms with Crippen LogP contribution in [0.3, 0.4) is 0 Å². The maximum Gasteiger partial charge on any atom is 0.0376 e. The Balaban J connectivity index is 1.90. The number of hydrogen-bond acceptors (Lipinski definition) is 2. The van der Waals surface area contributed by atoms with Crippen molar-refractivity contribution in [1.82, 2.24) is 4.90 Å². The largest absolute Gasteiger partial charge is 0.385 e. The summed E-state index contributed by atoms with van der Waals surface area (Å²) in [5.74, 6) is 0.703. The van der Waals surface area contributed by atoms with Crippen LogP contribution in [0.1, 0.15) is 44.1 Å². The van der Waals surface area contributed by atoms with Crippen molar-refractivity contribution in [3.05, 3.63) is 29.8 Å². The van der Waals surface area contributed by atoms with E-state index in [-0.39, 0.29) is 0 Å². The lowest BCUT2D eigenvalue weighted by Gasteiger charge is -2.30. The van der Waals surface area contributed by atoms with Gasteiger partial charge in [0.05, 0.1) is 0 Å². The topological polar surface area (TPSA) is 15.3 Å². The van der Waals surface area contributed by atoms with E-state index in [4.69, 9.17) is 0 Å². The average Bonchev–Trinajstić information content (AvgIpc) is 2.39. The highest BCUT2D eigenvalue weighted by atomic mass is 15.1. The molecule has 0 fully saturated rings. The van der Waals surface area contributed by atoms with Gasteiger partial charge in [0.2, 0.25) is 0 Å². The molecule has 1 N–H and O–H groups in total. The van der Waals surface area contributed by atoms with E-state index in [1.165, 1.54) is 50.0 Å². The molecule has 0 saturated heterocycles. The second-order valence-electron chi connectivity index (χ2n) is 5.47. The summed E-state index contributed by atoms with van der Waals surface area (Å²) in [6.45, 7) is 5.82. The fourth-order valence-corrected chi connectivity index (χ4v) is 2.84. The summed E-state index contributed by atoms with van der Waals surface area (Å²) in [4.78, 5) is 2.50. The van der Waals surface area contributed by atoms with Crippen molar-refractivity contribution in [2.24, 2.45) is 0 Å². The van der Waals surface area contributed by atoms with Gasteiger partial charge in [0.1, 0.15) is 0 Å². The highest BCUT2D eigenvalue weighted by molar-refractivity contribution is 5.54. The fraction of sp³-hybridized carbons (Fsp3) is 0.625. The van der Waals surface area contributed by atoms with E-state index >= 15 is 0 Å². The standard InChI is InChI=1S/C16H26N2/c1-3-4-7-12-18(2)13-14-10-11-17-16-9-6-5-8-15(14)16/h5-6,8-9,14,17H,3-4,7,10-13H2,1-2H3. The summed E-state index contributed by atoms with van der Waals surface area (Å²) < 4.78 is 0. The first kappa shape index (κ1) is 13.4. The Hall–Kier alpha value is -1.02. The van der Waals surface area contributed by atoms with Crippen LogP contribution in [0.15, 0.2) is 24.3 Å². The summed E-state index contributed by atoms with van der Waals surface area (Å²) in [6.07, 6.45) is 5.26. The van der Waals surface area contributed by atoms with Crippen LogP contribution in [0.4, 0.5) is 5.69 Å². The molecule has 0 aliphatic carbocycles. The quantitative estimate of drug-likeness (QED) is 0.770. The number of hydrogen-bond donors (Lipinski definition) is 1. The number of anilines is 1. The minimum absolute atomic E-state index is 0.703. The Labute approximate surface area is 111 Å². The molecule has 1 atom stereocenters. The van der Waals surface area contributed by atoms with E-state index in [1.54, 1.807) is 0 Å². The van der Waals surface area contributed by atoms with Crippen molar-refractivity contribution in [3.8, 4) is 0 Å². The molecule has 0 spiro atoms. The van der Waals surface area contributed by atoms with Crippen LogP contribution in [-0.4, -0.2) is 31.6 Å². The third-order valence-electron chi connectivity index (χ3n) is 3.88. The van der Waals surface area contributed by atoms with Crippen LogP contribution < -0.4 is 5.32 Å². The number of rotatable bonds is 6. The van der Waals surface area contributed by atoms with Crippen LogP contribution in [0.5, 0.6) is 0 Å². The Kier molecular flexibility index (Phi) is 5.06. The lowest BCUT2D eigenvalue weighted by atomic mass is 9.90. The smallest absolute Gasteiger partial charge is 0.0376 e. The van der Waals surface area contributed by atoms with Gasteiger partial charge in [0, 0.05) is 24.7 Å². The Morgan fingerprint density at radius 3 is 2.94 bits per heavy atom. The SMILES string of the molecule is CCCCCN(C)CC1CCNc2ccccc21. The molecular weight excluding hydrogens is 220 g/mol. The van der Waals surface area contributed by atoms with Crippen molar-refractivity contribution in [1.29, 1.82) is 0 Å². The summed E-state index contributed by atoms with van der Waals surface area (Å²) >= 11 is 0. The molecule has 2 nitrogen and oxygen atoms in total. The van der Waals surface area contributed by atoms with Crippen molar-refractivity contribution in [3.63, 3.8) is 0 Å². The first-order valence-corrected chi connectivity index (χ1v) is 7.32. The van der Waals surface area contributed by atoms with Crippen molar-refractivity contribution < 1.29 is 0 Å². The molecule has 1 unspecified atom stereocenters. The molecule has 0 radical (unpaired) electrons. The maximum atomic E-state index is 3.50. The van der Waals surface area contributed by atoms with Crippen LogP contribution in [0, 0.1) is 0 Å². The van der Waals surface area contributed by atoms with Crippen LogP contribution in [-0.2, 0) is 0 Å². The van der Waals surface area contributed by atoms with Gasteiger partial charge in [0.25, 0.3) is 0 Å². The fourth-order valence-electron chi connectivity index (χ4n) is 2.84. The van der Waals surface area contributed by atoms with Crippen molar-refractivity contribution in [2.75, 3.05) is 32.0 Å². The lowest BCUT2D eigenvalue weighted by Crippen LogP contribution is -2.29. The average molecular weight is 246 g/mol. The summed E-state index contributed by atoms with van der Waals surface area (Å²) in [6, 6.07) is 8.78. The normalized spacial score (nSPS) is 18.5. The number of unbranched alkanes of at least 4 members (excludes halogenated alkanes) is 2. The third kappa shape index (κ3) is 3.49. The molecule has 2 heteroatoms. The second-order valence-corrected chi connectivity index (χ2v) is 5.47. The third-order valence-corrected chi connectivity index (χ3v) is 3.88. The summed E-state index contributed by atoms with van der Waals surface area (Å²) in [7, 11) is 2.26. The van der Waals surface area contributed by atoms with Gasteiger partial charge in [-0.2, -0.15) is 0 Å². The summed E-state index contributed by atoms with van der Waals surface area (Å²) in [5, 5.41) is 3.50. The van der Waals surface area contributed by atoms with Crippen LogP contribution >= 0.6 is 0 Å². The van der Waals surface area contributed by atoms with E-state index in [9.17, 15) is 0 Å². The Morgan fingerprint density at radius 2 is 2.11 bits per heavy atom. The minimum Gasteiger partial charge on any atom is -0.385 e. The molecule has 0 bridgehead atoms. The molecule has 1 aromatic carbocycles.